The number of ether oxygens (including phenoxy) is 4. The van der Waals surface area contributed by atoms with Gasteiger partial charge in [-0.05, 0) is 35.4 Å². The molecule has 0 spiro atoms. The Morgan fingerprint density at radius 3 is 1.46 bits per heavy atom. The number of nitrogens with two attached hydrogens (primary N) is 1. The molecule has 0 aliphatic rings. The SMILES string of the molecule is COc1ccc(CN(CCN)Cc2ccc(OC)c(OC)c2)cc1OC. The van der Waals surface area contributed by atoms with E-state index >= 15 is 0 Å². The fourth-order valence-corrected chi connectivity index (χ4v) is 2.87. The van der Waals surface area contributed by atoms with Crippen molar-refractivity contribution in [2.24, 2.45) is 5.73 Å². The Labute approximate surface area is 155 Å². The zero-order valence-electron chi connectivity index (χ0n) is 16.0. The molecule has 0 bridgehead atoms. The van der Waals surface area contributed by atoms with E-state index in [4.69, 9.17) is 24.7 Å². The van der Waals surface area contributed by atoms with E-state index in [1.165, 1.54) is 0 Å². The van der Waals surface area contributed by atoms with Crippen molar-refractivity contribution >= 4 is 0 Å². The summed E-state index contributed by atoms with van der Waals surface area (Å²) in [6.45, 7) is 2.88. The average Bonchev–Trinajstić information content (AvgIpc) is 2.67. The molecule has 0 aromatic heterocycles. The molecule has 0 fully saturated rings. The second-order valence-electron chi connectivity index (χ2n) is 5.88. The molecule has 0 unspecified atom stereocenters. The second kappa shape index (κ2) is 9.89. The lowest BCUT2D eigenvalue weighted by atomic mass is 10.1. The molecule has 6 heteroatoms. The molecule has 0 heterocycles. The molecule has 0 radical (unpaired) electrons. The van der Waals surface area contributed by atoms with Gasteiger partial charge in [-0.25, -0.2) is 0 Å². The zero-order chi connectivity index (χ0) is 18.9. The highest BCUT2D eigenvalue weighted by molar-refractivity contribution is 5.44. The molecule has 2 N–H and O–H groups in total. The van der Waals surface area contributed by atoms with Crippen LogP contribution in [0.3, 0.4) is 0 Å². The van der Waals surface area contributed by atoms with E-state index < -0.39 is 0 Å². The van der Waals surface area contributed by atoms with Crippen molar-refractivity contribution in [1.82, 2.24) is 4.90 Å². The van der Waals surface area contributed by atoms with Crippen LogP contribution < -0.4 is 24.7 Å². The fraction of sp³-hybridized carbons (Fsp3) is 0.400. The summed E-state index contributed by atoms with van der Waals surface area (Å²) in [5.41, 5.74) is 8.08. The van der Waals surface area contributed by atoms with Crippen molar-refractivity contribution in [2.75, 3.05) is 41.5 Å². The minimum atomic E-state index is 0.584. The molecule has 6 nitrogen and oxygen atoms in total. The Hall–Kier alpha value is -2.44. The highest BCUT2D eigenvalue weighted by Crippen LogP contribution is 2.30. The predicted octanol–water partition coefficient (Wildman–Crippen LogP) is 2.68. The maximum absolute atomic E-state index is 5.81. The van der Waals surface area contributed by atoms with Crippen LogP contribution in [-0.2, 0) is 13.1 Å². The smallest absolute Gasteiger partial charge is 0.161 e. The van der Waals surface area contributed by atoms with Gasteiger partial charge in [0, 0.05) is 26.2 Å². The standard InChI is InChI=1S/C20H28N2O4/c1-23-17-7-5-15(11-19(17)25-3)13-22(10-9-21)14-16-6-8-18(24-2)20(12-16)26-4/h5-8,11-12H,9-10,13-14,21H2,1-4H3. The van der Waals surface area contributed by atoms with Crippen LogP contribution in [0, 0.1) is 0 Å². The summed E-state index contributed by atoms with van der Waals surface area (Å²) in [6.07, 6.45) is 0. The lowest BCUT2D eigenvalue weighted by molar-refractivity contribution is 0.262. The van der Waals surface area contributed by atoms with Crippen molar-refractivity contribution in [1.29, 1.82) is 0 Å². The van der Waals surface area contributed by atoms with Gasteiger partial charge in [0.25, 0.3) is 0 Å². The summed E-state index contributed by atoms with van der Waals surface area (Å²) < 4.78 is 21.4. The predicted molar refractivity (Wildman–Crippen MR) is 102 cm³/mol. The van der Waals surface area contributed by atoms with Gasteiger partial charge in [0.15, 0.2) is 23.0 Å². The highest BCUT2D eigenvalue weighted by atomic mass is 16.5. The number of nitrogens with zero attached hydrogens (tertiary/aromatic N) is 1. The third-order valence-electron chi connectivity index (χ3n) is 4.15. The van der Waals surface area contributed by atoms with Crippen molar-refractivity contribution in [3.63, 3.8) is 0 Å². The first-order valence-electron chi connectivity index (χ1n) is 8.49. The minimum Gasteiger partial charge on any atom is -0.493 e. The van der Waals surface area contributed by atoms with Crippen LogP contribution >= 0.6 is 0 Å². The zero-order valence-corrected chi connectivity index (χ0v) is 16.0. The monoisotopic (exact) mass is 360 g/mol. The third-order valence-corrected chi connectivity index (χ3v) is 4.15. The van der Waals surface area contributed by atoms with Gasteiger partial charge in [-0.2, -0.15) is 0 Å². The minimum absolute atomic E-state index is 0.584. The second-order valence-corrected chi connectivity index (χ2v) is 5.88. The number of hydrogen-bond acceptors (Lipinski definition) is 6. The van der Waals surface area contributed by atoms with Crippen LogP contribution in [0.1, 0.15) is 11.1 Å². The third kappa shape index (κ3) is 5.03. The van der Waals surface area contributed by atoms with Crippen molar-refractivity contribution in [2.45, 2.75) is 13.1 Å². The quantitative estimate of drug-likeness (QED) is 0.703. The molecule has 2 rings (SSSR count). The lowest BCUT2D eigenvalue weighted by Crippen LogP contribution is -2.28. The van der Waals surface area contributed by atoms with Crippen molar-refractivity contribution in [3.8, 4) is 23.0 Å². The van der Waals surface area contributed by atoms with E-state index in [-0.39, 0.29) is 0 Å². The average molecular weight is 360 g/mol. The van der Waals surface area contributed by atoms with Crippen LogP contribution in [0.4, 0.5) is 0 Å². The van der Waals surface area contributed by atoms with Gasteiger partial charge in [0.05, 0.1) is 28.4 Å². The van der Waals surface area contributed by atoms with E-state index in [9.17, 15) is 0 Å². The van der Waals surface area contributed by atoms with Gasteiger partial charge in [-0.15, -0.1) is 0 Å². The van der Waals surface area contributed by atoms with Gasteiger partial charge < -0.3 is 24.7 Å². The Morgan fingerprint density at radius 1 is 0.692 bits per heavy atom. The Kier molecular flexibility index (Phi) is 7.56. The molecule has 2 aromatic rings. The van der Waals surface area contributed by atoms with Crippen molar-refractivity contribution < 1.29 is 18.9 Å². The van der Waals surface area contributed by atoms with Crippen LogP contribution in [-0.4, -0.2) is 46.4 Å². The van der Waals surface area contributed by atoms with Crippen LogP contribution in [0.25, 0.3) is 0 Å². The Morgan fingerprint density at radius 2 is 1.12 bits per heavy atom. The molecule has 0 aliphatic heterocycles. The van der Waals surface area contributed by atoms with Crippen LogP contribution in [0.2, 0.25) is 0 Å². The van der Waals surface area contributed by atoms with Crippen LogP contribution in [0.5, 0.6) is 23.0 Å². The largest absolute Gasteiger partial charge is 0.493 e. The Balaban J connectivity index is 2.16. The normalized spacial score (nSPS) is 10.7. The van der Waals surface area contributed by atoms with E-state index in [2.05, 4.69) is 4.90 Å². The van der Waals surface area contributed by atoms with Crippen LogP contribution in [0.15, 0.2) is 36.4 Å². The summed E-state index contributed by atoms with van der Waals surface area (Å²) in [4.78, 5) is 2.28. The highest BCUT2D eigenvalue weighted by Gasteiger charge is 2.11. The molecule has 0 amide bonds. The van der Waals surface area contributed by atoms with E-state index in [0.29, 0.717) is 6.54 Å². The maximum atomic E-state index is 5.81. The summed E-state index contributed by atoms with van der Waals surface area (Å²) in [7, 11) is 6.55. The van der Waals surface area contributed by atoms with E-state index in [0.717, 1.165) is 53.8 Å². The van der Waals surface area contributed by atoms with Gasteiger partial charge in [0.2, 0.25) is 0 Å². The first-order chi connectivity index (χ1) is 12.6. The summed E-state index contributed by atoms with van der Waals surface area (Å²) >= 11 is 0. The molecular formula is C20H28N2O4. The van der Waals surface area contributed by atoms with Gasteiger partial charge >= 0.3 is 0 Å². The first kappa shape index (κ1) is 19.9. The van der Waals surface area contributed by atoms with E-state index in [1.807, 2.05) is 36.4 Å². The molecule has 0 saturated heterocycles. The number of methoxy groups -OCH3 is 4. The molecule has 26 heavy (non-hydrogen) atoms. The number of rotatable bonds is 10. The molecule has 2 aromatic carbocycles. The molecule has 142 valence electrons. The van der Waals surface area contributed by atoms with Gasteiger partial charge in [-0.3, -0.25) is 4.90 Å². The topological polar surface area (TPSA) is 66.2 Å². The number of hydrogen-bond donors (Lipinski definition) is 1. The molecule has 0 atom stereocenters. The first-order valence-corrected chi connectivity index (χ1v) is 8.49. The van der Waals surface area contributed by atoms with E-state index in [1.54, 1.807) is 28.4 Å². The van der Waals surface area contributed by atoms with Gasteiger partial charge in [0.1, 0.15) is 0 Å². The Bertz CT molecular complexity index is 649. The number of benzene rings is 2. The molecule has 0 saturated carbocycles. The maximum Gasteiger partial charge on any atom is 0.161 e. The summed E-state index contributed by atoms with van der Waals surface area (Å²) in [5, 5.41) is 0. The molecule has 0 aliphatic carbocycles. The summed E-state index contributed by atoms with van der Waals surface area (Å²) in [5.74, 6) is 2.90. The summed E-state index contributed by atoms with van der Waals surface area (Å²) in [6, 6.07) is 11.9. The fourth-order valence-electron chi connectivity index (χ4n) is 2.87. The van der Waals surface area contributed by atoms with Gasteiger partial charge in [-0.1, -0.05) is 12.1 Å². The lowest BCUT2D eigenvalue weighted by Gasteiger charge is -2.23. The molecular weight excluding hydrogens is 332 g/mol. The van der Waals surface area contributed by atoms with Crippen molar-refractivity contribution in [3.05, 3.63) is 47.5 Å².